The van der Waals surface area contributed by atoms with E-state index in [4.69, 9.17) is 5.73 Å². The summed E-state index contributed by atoms with van der Waals surface area (Å²) in [4.78, 5) is 6.59. The van der Waals surface area contributed by atoms with Crippen molar-refractivity contribution in [3.8, 4) is 0 Å². The lowest BCUT2D eigenvalue weighted by Gasteiger charge is -2.37. The molecule has 0 spiro atoms. The van der Waals surface area contributed by atoms with E-state index in [1.807, 2.05) is 31.4 Å². The van der Waals surface area contributed by atoms with Gasteiger partial charge in [0, 0.05) is 31.4 Å². The zero-order valence-corrected chi connectivity index (χ0v) is 9.06. The van der Waals surface area contributed by atoms with Crippen molar-refractivity contribution < 1.29 is 0 Å². The first-order valence-electron chi connectivity index (χ1n) is 5.40. The van der Waals surface area contributed by atoms with Gasteiger partial charge in [0.2, 0.25) is 0 Å². The third kappa shape index (κ3) is 2.27. The van der Waals surface area contributed by atoms with E-state index in [-0.39, 0.29) is 6.04 Å². The molecule has 0 saturated carbocycles. The number of hydrogen-bond acceptors (Lipinski definition) is 4. The van der Waals surface area contributed by atoms with Crippen LogP contribution in [0, 0.1) is 0 Å². The van der Waals surface area contributed by atoms with Crippen molar-refractivity contribution in [2.45, 2.75) is 18.5 Å². The molecule has 0 aromatic carbocycles. The van der Waals surface area contributed by atoms with Gasteiger partial charge in [-0.05, 0) is 25.6 Å². The molecule has 2 rings (SSSR count). The summed E-state index contributed by atoms with van der Waals surface area (Å²) in [5.41, 5.74) is 6.09. The van der Waals surface area contributed by atoms with Crippen molar-refractivity contribution in [3.63, 3.8) is 0 Å². The second kappa shape index (κ2) is 4.59. The molecule has 1 aromatic rings. The van der Waals surface area contributed by atoms with Crippen LogP contribution in [0.4, 0.5) is 5.82 Å². The number of likely N-dealkylation sites (N-methyl/N-ethyl adjacent to an activating group) is 1. The SMILES string of the molecule is CNC1CCN(c2ccccn2)CC1N. The molecule has 0 amide bonds. The van der Waals surface area contributed by atoms with Gasteiger partial charge in [0.25, 0.3) is 0 Å². The van der Waals surface area contributed by atoms with E-state index in [0.717, 1.165) is 25.3 Å². The Bertz CT molecular complexity index is 301. The molecule has 1 saturated heterocycles. The van der Waals surface area contributed by atoms with Crippen LogP contribution in [0.3, 0.4) is 0 Å². The highest BCUT2D eigenvalue weighted by atomic mass is 15.2. The van der Waals surface area contributed by atoms with Gasteiger partial charge in [0.05, 0.1) is 0 Å². The van der Waals surface area contributed by atoms with Gasteiger partial charge in [0.1, 0.15) is 5.82 Å². The smallest absolute Gasteiger partial charge is 0.128 e. The van der Waals surface area contributed by atoms with Crippen LogP contribution in [0.2, 0.25) is 0 Å². The van der Waals surface area contributed by atoms with Crippen molar-refractivity contribution >= 4 is 5.82 Å². The van der Waals surface area contributed by atoms with E-state index in [1.165, 1.54) is 0 Å². The van der Waals surface area contributed by atoms with Crippen LogP contribution in [0.25, 0.3) is 0 Å². The first-order chi connectivity index (χ1) is 7.31. The van der Waals surface area contributed by atoms with E-state index in [2.05, 4.69) is 15.2 Å². The molecule has 2 heterocycles. The summed E-state index contributed by atoms with van der Waals surface area (Å²) in [6.45, 7) is 1.90. The highest BCUT2D eigenvalue weighted by Crippen LogP contribution is 2.16. The number of piperidine rings is 1. The minimum Gasteiger partial charge on any atom is -0.355 e. The number of nitrogens with one attached hydrogen (secondary N) is 1. The van der Waals surface area contributed by atoms with Gasteiger partial charge in [0.15, 0.2) is 0 Å². The number of pyridine rings is 1. The Balaban J connectivity index is 2.03. The summed E-state index contributed by atoms with van der Waals surface area (Å²) in [6, 6.07) is 6.60. The Morgan fingerprint density at radius 2 is 2.40 bits per heavy atom. The molecule has 4 heteroatoms. The van der Waals surface area contributed by atoms with Crippen LogP contribution in [0.1, 0.15) is 6.42 Å². The zero-order chi connectivity index (χ0) is 10.7. The number of rotatable bonds is 2. The van der Waals surface area contributed by atoms with E-state index in [1.54, 1.807) is 0 Å². The third-order valence-corrected chi connectivity index (χ3v) is 3.00. The zero-order valence-electron chi connectivity index (χ0n) is 9.06. The van der Waals surface area contributed by atoms with Crippen LogP contribution in [-0.2, 0) is 0 Å². The van der Waals surface area contributed by atoms with Crippen LogP contribution in [-0.4, -0.2) is 37.2 Å². The van der Waals surface area contributed by atoms with Gasteiger partial charge in [-0.25, -0.2) is 4.98 Å². The Labute approximate surface area is 90.5 Å². The highest BCUT2D eigenvalue weighted by molar-refractivity contribution is 5.38. The molecule has 3 N–H and O–H groups in total. The fourth-order valence-electron chi connectivity index (χ4n) is 2.09. The molecular weight excluding hydrogens is 188 g/mol. The third-order valence-electron chi connectivity index (χ3n) is 3.00. The van der Waals surface area contributed by atoms with Gasteiger partial charge in [-0.2, -0.15) is 0 Å². The number of anilines is 1. The lowest BCUT2D eigenvalue weighted by molar-refractivity contribution is 0.388. The van der Waals surface area contributed by atoms with Crippen molar-refractivity contribution in [2.75, 3.05) is 25.0 Å². The Morgan fingerprint density at radius 1 is 1.53 bits per heavy atom. The van der Waals surface area contributed by atoms with Gasteiger partial charge in [-0.15, -0.1) is 0 Å². The van der Waals surface area contributed by atoms with Gasteiger partial charge >= 0.3 is 0 Å². The predicted octanol–water partition coefficient (Wildman–Crippen LogP) is 0.207. The average Bonchev–Trinajstić information content (AvgIpc) is 2.30. The maximum Gasteiger partial charge on any atom is 0.128 e. The molecule has 0 aliphatic carbocycles. The summed E-state index contributed by atoms with van der Waals surface area (Å²) in [7, 11) is 1.97. The monoisotopic (exact) mass is 206 g/mol. The number of hydrogen-bond donors (Lipinski definition) is 2. The Morgan fingerprint density at radius 3 is 3.00 bits per heavy atom. The highest BCUT2D eigenvalue weighted by Gasteiger charge is 2.25. The molecule has 1 aliphatic heterocycles. The van der Waals surface area contributed by atoms with E-state index < -0.39 is 0 Å². The standard InChI is InChI=1S/C11H18N4/c1-13-10-5-7-15(8-9(10)12)11-4-2-3-6-14-11/h2-4,6,9-10,13H,5,7-8,12H2,1H3. The number of aromatic nitrogens is 1. The summed E-state index contributed by atoms with van der Waals surface area (Å²) in [5, 5.41) is 3.25. The molecule has 4 nitrogen and oxygen atoms in total. The van der Waals surface area contributed by atoms with Gasteiger partial charge in [-0.3, -0.25) is 0 Å². The normalized spacial score (nSPS) is 26.7. The van der Waals surface area contributed by atoms with Crippen molar-refractivity contribution in [3.05, 3.63) is 24.4 Å². The summed E-state index contributed by atoms with van der Waals surface area (Å²) < 4.78 is 0. The van der Waals surface area contributed by atoms with Crippen LogP contribution in [0.5, 0.6) is 0 Å². The molecule has 0 radical (unpaired) electrons. The van der Waals surface area contributed by atoms with Gasteiger partial charge < -0.3 is 16.0 Å². The van der Waals surface area contributed by atoms with E-state index >= 15 is 0 Å². The largest absolute Gasteiger partial charge is 0.355 e. The minimum atomic E-state index is 0.186. The van der Waals surface area contributed by atoms with Gasteiger partial charge in [-0.1, -0.05) is 6.07 Å². The minimum absolute atomic E-state index is 0.186. The maximum absolute atomic E-state index is 6.09. The van der Waals surface area contributed by atoms with E-state index in [0.29, 0.717) is 6.04 Å². The molecular formula is C11H18N4. The Hall–Kier alpha value is -1.13. The Kier molecular flexibility index (Phi) is 3.18. The summed E-state index contributed by atoms with van der Waals surface area (Å²) in [5.74, 6) is 1.03. The predicted molar refractivity (Wildman–Crippen MR) is 61.9 cm³/mol. The first kappa shape index (κ1) is 10.4. The van der Waals surface area contributed by atoms with Crippen LogP contribution >= 0.6 is 0 Å². The second-order valence-corrected chi connectivity index (χ2v) is 3.98. The first-order valence-corrected chi connectivity index (χ1v) is 5.40. The quantitative estimate of drug-likeness (QED) is 0.726. The molecule has 1 aliphatic rings. The topological polar surface area (TPSA) is 54.2 Å². The van der Waals surface area contributed by atoms with Crippen LogP contribution in [0.15, 0.2) is 24.4 Å². The fraction of sp³-hybridized carbons (Fsp3) is 0.545. The molecule has 15 heavy (non-hydrogen) atoms. The lowest BCUT2D eigenvalue weighted by Crippen LogP contribution is -2.56. The number of nitrogens with two attached hydrogens (primary N) is 1. The molecule has 1 aromatic heterocycles. The molecule has 0 bridgehead atoms. The van der Waals surface area contributed by atoms with Crippen LogP contribution < -0.4 is 16.0 Å². The maximum atomic E-state index is 6.09. The average molecular weight is 206 g/mol. The molecule has 1 fully saturated rings. The van der Waals surface area contributed by atoms with Crippen molar-refractivity contribution in [1.29, 1.82) is 0 Å². The fourth-order valence-corrected chi connectivity index (χ4v) is 2.09. The van der Waals surface area contributed by atoms with Crippen molar-refractivity contribution in [2.24, 2.45) is 5.73 Å². The summed E-state index contributed by atoms with van der Waals surface area (Å²) >= 11 is 0. The molecule has 82 valence electrons. The summed E-state index contributed by atoms with van der Waals surface area (Å²) in [6.07, 6.45) is 2.90. The van der Waals surface area contributed by atoms with Crippen molar-refractivity contribution in [1.82, 2.24) is 10.3 Å². The molecule has 2 unspecified atom stereocenters. The number of nitrogens with zero attached hydrogens (tertiary/aromatic N) is 2. The molecule has 2 atom stereocenters. The van der Waals surface area contributed by atoms with E-state index in [9.17, 15) is 0 Å². The lowest BCUT2D eigenvalue weighted by atomic mass is 10.0. The second-order valence-electron chi connectivity index (χ2n) is 3.98.